The van der Waals surface area contributed by atoms with Crippen molar-refractivity contribution < 1.29 is 5.11 Å². The van der Waals surface area contributed by atoms with Crippen molar-refractivity contribution in [1.82, 2.24) is 5.32 Å². The third-order valence-corrected chi connectivity index (χ3v) is 4.39. The lowest BCUT2D eigenvalue weighted by molar-refractivity contribution is 0.0323. The van der Waals surface area contributed by atoms with E-state index in [1.807, 2.05) is 13.8 Å². The summed E-state index contributed by atoms with van der Waals surface area (Å²) < 4.78 is 1.13. The van der Waals surface area contributed by atoms with Crippen LogP contribution in [0.5, 0.6) is 0 Å². The Morgan fingerprint density at radius 3 is 2.60 bits per heavy atom. The van der Waals surface area contributed by atoms with Crippen molar-refractivity contribution >= 4 is 27.3 Å². The van der Waals surface area contributed by atoms with E-state index in [1.165, 1.54) is 4.88 Å². The lowest BCUT2D eigenvalue weighted by Crippen LogP contribution is -2.39. The first-order valence-electron chi connectivity index (χ1n) is 5.25. The number of nitrogens with one attached hydrogen (secondary N) is 1. The summed E-state index contributed by atoms with van der Waals surface area (Å²) in [6.45, 7) is 5.54. The lowest BCUT2D eigenvalue weighted by Gasteiger charge is -2.25. The van der Waals surface area contributed by atoms with Gasteiger partial charge in [0.25, 0.3) is 0 Å². The molecule has 2 N–H and O–H groups in total. The van der Waals surface area contributed by atoms with E-state index in [-0.39, 0.29) is 0 Å². The molecule has 15 heavy (non-hydrogen) atoms. The van der Waals surface area contributed by atoms with Crippen LogP contribution in [-0.4, -0.2) is 17.3 Å². The zero-order valence-electron chi connectivity index (χ0n) is 9.22. The van der Waals surface area contributed by atoms with Gasteiger partial charge in [-0.3, -0.25) is 0 Å². The van der Waals surface area contributed by atoms with E-state index < -0.39 is 5.60 Å². The first-order valence-corrected chi connectivity index (χ1v) is 6.93. The van der Waals surface area contributed by atoms with Crippen LogP contribution >= 0.6 is 27.3 Å². The van der Waals surface area contributed by atoms with Crippen LogP contribution in [0.15, 0.2) is 15.9 Å². The second-order valence-electron chi connectivity index (χ2n) is 3.77. The molecule has 4 heteroatoms. The van der Waals surface area contributed by atoms with E-state index >= 15 is 0 Å². The van der Waals surface area contributed by atoms with Crippen LogP contribution in [0.2, 0.25) is 0 Å². The fourth-order valence-electron chi connectivity index (χ4n) is 1.36. The second kappa shape index (κ2) is 5.99. The number of halogens is 1. The van der Waals surface area contributed by atoms with Gasteiger partial charge in [-0.2, -0.15) is 0 Å². The minimum absolute atomic E-state index is 0.547. The zero-order valence-corrected chi connectivity index (χ0v) is 11.6. The maximum absolute atomic E-state index is 10.0. The van der Waals surface area contributed by atoms with Crippen molar-refractivity contribution in [1.29, 1.82) is 0 Å². The summed E-state index contributed by atoms with van der Waals surface area (Å²) in [7, 11) is 0. The molecule has 0 aliphatic carbocycles. The van der Waals surface area contributed by atoms with E-state index in [2.05, 4.69) is 32.7 Å². The number of hydrogen-bond acceptors (Lipinski definition) is 3. The molecule has 2 nitrogen and oxygen atoms in total. The summed E-state index contributed by atoms with van der Waals surface area (Å²) in [5.41, 5.74) is -0.547. The van der Waals surface area contributed by atoms with Crippen molar-refractivity contribution in [3.05, 3.63) is 20.8 Å². The summed E-state index contributed by atoms with van der Waals surface area (Å²) in [5, 5.41) is 15.4. The molecule has 86 valence electrons. The molecule has 0 radical (unpaired) electrons. The minimum atomic E-state index is -0.547. The predicted octanol–water partition coefficient (Wildman–Crippen LogP) is 3.15. The Bertz CT molecular complexity index is 297. The predicted molar refractivity (Wildman–Crippen MR) is 69.3 cm³/mol. The highest BCUT2D eigenvalue weighted by atomic mass is 79.9. The van der Waals surface area contributed by atoms with Crippen molar-refractivity contribution in [2.75, 3.05) is 6.54 Å². The van der Waals surface area contributed by atoms with E-state index in [0.717, 1.165) is 23.9 Å². The smallest absolute Gasteiger partial charge is 0.0766 e. The molecule has 0 unspecified atom stereocenters. The normalized spacial score (nSPS) is 12.0. The molecule has 1 aromatic heterocycles. The molecule has 1 heterocycles. The molecule has 0 spiro atoms. The van der Waals surface area contributed by atoms with Gasteiger partial charge in [0.15, 0.2) is 0 Å². The van der Waals surface area contributed by atoms with Crippen LogP contribution in [0.1, 0.15) is 31.6 Å². The molecule has 0 atom stereocenters. The Morgan fingerprint density at radius 2 is 2.13 bits per heavy atom. The highest BCUT2D eigenvalue weighted by Gasteiger charge is 2.21. The van der Waals surface area contributed by atoms with Gasteiger partial charge in [-0.15, -0.1) is 11.3 Å². The Hall–Kier alpha value is 0.1000. The molecule has 0 saturated heterocycles. The first kappa shape index (κ1) is 13.2. The van der Waals surface area contributed by atoms with Gasteiger partial charge in [-0.1, -0.05) is 13.8 Å². The van der Waals surface area contributed by atoms with Crippen LogP contribution in [0.3, 0.4) is 0 Å². The lowest BCUT2D eigenvalue weighted by atomic mass is 9.98. The monoisotopic (exact) mass is 291 g/mol. The molecule has 1 rings (SSSR count). The molecule has 0 amide bonds. The van der Waals surface area contributed by atoms with Gasteiger partial charge in [0.1, 0.15) is 0 Å². The Kier molecular flexibility index (Phi) is 5.26. The van der Waals surface area contributed by atoms with Gasteiger partial charge in [0, 0.05) is 27.8 Å². The summed E-state index contributed by atoms with van der Waals surface area (Å²) in [4.78, 5) is 1.29. The van der Waals surface area contributed by atoms with Gasteiger partial charge in [-0.05, 0) is 34.8 Å². The Balaban J connectivity index is 2.32. The molecule has 0 aliphatic rings. The maximum atomic E-state index is 10.0. The summed E-state index contributed by atoms with van der Waals surface area (Å²) in [5.74, 6) is 0. The molecule has 0 aromatic carbocycles. The van der Waals surface area contributed by atoms with Gasteiger partial charge in [0.05, 0.1) is 5.60 Å². The van der Waals surface area contributed by atoms with Gasteiger partial charge in [-0.25, -0.2) is 0 Å². The van der Waals surface area contributed by atoms with Crippen LogP contribution in [0.4, 0.5) is 0 Å². The van der Waals surface area contributed by atoms with E-state index in [1.54, 1.807) is 11.3 Å². The SMILES string of the molecule is CCC(O)(CC)CNCc1cc(Br)cs1. The van der Waals surface area contributed by atoms with Crippen LogP contribution in [-0.2, 0) is 6.54 Å². The van der Waals surface area contributed by atoms with Gasteiger partial charge < -0.3 is 10.4 Å². The molecule has 0 saturated carbocycles. The molecule has 1 aromatic rings. The fourth-order valence-corrected chi connectivity index (χ4v) is 2.79. The molecule has 0 bridgehead atoms. The number of aliphatic hydroxyl groups is 1. The molecular weight excluding hydrogens is 274 g/mol. The minimum Gasteiger partial charge on any atom is -0.389 e. The van der Waals surface area contributed by atoms with Crippen LogP contribution in [0.25, 0.3) is 0 Å². The van der Waals surface area contributed by atoms with E-state index in [0.29, 0.717) is 6.54 Å². The number of hydrogen-bond donors (Lipinski definition) is 2. The quantitative estimate of drug-likeness (QED) is 0.844. The van der Waals surface area contributed by atoms with Gasteiger partial charge >= 0.3 is 0 Å². The third kappa shape index (κ3) is 4.23. The Morgan fingerprint density at radius 1 is 1.47 bits per heavy atom. The number of thiophene rings is 1. The highest BCUT2D eigenvalue weighted by molar-refractivity contribution is 9.10. The summed E-state index contributed by atoms with van der Waals surface area (Å²) in [6, 6.07) is 2.11. The maximum Gasteiger partial charge on any atom is 0.0766 e. The summed E-state index contributed by atoms with van der Waals surface area (Å²) in [6.07, 6.45) is 1.59. The van der Waals surface area contributed by atoms with Crippen LogP contribution < -0.4 is 5.32 Å². The van der Waals surface area contributed by atoms with Crippen molar-refractivity contribution in [3.8, 4) is 0 Å². The second-order valence-corrected chi connectivity index (χ2v) is 5.68. The third-order valence-electron chi connectivity index (χ3n) is 2.69. The van der Waals surface area contributed by atoms with E-state index in [9.17, 15) is 5.11 Å². The molecule has 0 aliphatic heterocycles. The number of rotatable bonds is 6. The van der Waals surface area contributed by atoms with Crippen LogP contribution in [0, 0.1) is 0 Å². The summed E-state index contributed by atoms with van der Waals surface area (Å²) >= 11 is 5.15. The Labute approximate surface area is 104 Å². The fraction of sp³-hybridized carbons (Fsp3) is 0.636. The molecule has 0 fully saturated rings. The van der Waals surface area contributed by atoms with Crippen molar-refractivity contribution in [3.63, 3.8) is 0 Å². The largest absolute Gasteiger partial charge is 0.389 e. The zero-order chi connectivity index (χ0) is 11.3. The van der Waals surface area contributed by atoms with E-state index in [4.69, 9.17) is 0 Å². The topological polar surface area (TPSA) is 32.3 Å². The average Bonchev–Trinajstić information content (AvgIpc) is 2.64. The van der Waals surface area contributed by atoms with Crippen molar-refractivity contribution in [2.24, 2.45) is 0 Å². The van der Waals surface area contributed by atoms with Gasteiger partial charge in [0.2, 0.25) is 0 Å². The standard InChI is InChI=1S/C11H18BrNOS/c1-3-11(14,4-2)8-13-6-10-5-9(12)7-15-10/h5,7,13-14H,3-4,6,8H2,1-2H3. The first-order chi connectivity index (χ1) is 7.09. The van der Waals surface area contributed by atoms with Crippen molar-refractivity contribution in [2.45, 2.75) is 38.8 Å². The average molecular weight is 292 g/mol. The molecular formula is C11H18BrNOS. The highest BCUT2D eigenvalue weighted by Crippen LogP contribution is 2.20.